The summed E-state index contributed by atoms with van der Waals surface area (Å²) in [5.74, 6) is -1.07. The van der Waals surface area contributed by atoms with E-state index in [1.54, 1.807) is 13.8 Å². The molecule has 76 valence electrons. The summed E-state index contributed by atoms with van der Waals surface area (Å²) in [4.78, 5) is 21.3. The van der Waals surface area contributed by atoms with E-state index >= 15 is 0 Å². The standard InChI is InChI=1S/C8H12O4.2Ca.4H/c1-3-11-7(9)5-6-8(10)12-4-2;;;;;;/h5-6H,3-4H2,1-2H3;;;;;;/q;2*+2;4*-1/b6-5+;;;;;;. The topological polar surface area (TPSA) is 52.6 Å². The molecule has 0 aliphatic carbocycles. The second-order valence-electron chi connectivity index (χ2n) is 1.84. The molecule has 14 heavy (non-hydrogen) atoms. The zero-order valence-corrected chi connectivity index (χ0v) is 13.0. The van der Waals surface area contributed by atoms with E-state index in [1.807, 2.05) is 0 Å². The monoisotopic (exact) mass is 256 g/mol. The average molecular weight is 256 g/mol. The summed E-state index contributed by atoms with van der Waals surface area (Å²) in [6.07, 6.45) is 2.09. The van der Waals surface area contributed by atoms with Gasteiger partial charge in [0.1, 0.15) is 0 Å². The van der Waals surface area contributed by atoms with Gasteiger partial charge in [-0.15, -0.1) is 0 Å². The number of esters is 2. The Morgan fingerprint density at radius 3 is 1.50 bits per heavy atom. The van der Waals surface area contributed by atoms with Gasteiger partial charge in [0.05, 0.1) is 13.2 Å². The Hall–Kier alpha value is 1.20. The van der Waals surface area contributed by atoms with Crippen molar-refractivity contribution in [3.8, 4) is 0 Å². The second kappa shape index (κ2) is 14.2. The number of ether oxygens (including phenoxy) is 2. The fraction of sp³-hybridized carbons (Fsp3) is 0.500. The predicted molar refractivity (Wildman–Crippen MR) is 58.4 cm³/mol. The van der Waals surface area contributed by atoms with Crippen molar-refractivity contribution in [3.63, 3.8) is 0 Å². The maximum Gasteiger partial charge on any atom is 2.00 e. The number of hydrogen-bond acceptors (Lipinski definition) is 4. The van der Waals surface area contributed by atoms with Crippen LogP contribution in [0.1, 0.15) is 19.6 Å². The Kier molecular flexibility index (Phi) is 20.9. The van der Waals surface area contributed by atoms with Crippen LogP contribution in [0.15, 0.2) is 12.2 Å². The molecule has 0 aromatic carbocycles. The van der Waals surface area contributed by atoms with Gasteiger partial charge in [-0.25, -0.2) is 9.59 Å². The maximum atomic E-state index is 10.6. The third-order valence-electron chi connectivity index (χ3n) is 0.929. The first-order chi connectivity index (χ1) is 5.70. The number of carbonyl (C=O) groups excluding carboxylic acids is 2. The zero-order chi connectivity index (χ0) is 9.40. The van der Waals surface area contributed by atoms with Crippen molar-refractivity contribution in [3.05, 3.63) is 12.2 Å². The summed E-state index contributed by atoms with van der Waals surface area (Å²) in [7, 11) is 0. The molecule has 0 rings (SSSR count). The van der Waals surface area contributed by atoms with Crippen LogP contribution in [0.3, 0.4) is 0 Å². The third kappa shape index (κ3) is 13.2. The maximum absolute atomic E-state index is 10.6. The van der Waals surface area contributed by atoms with Gasteiger partial charge in [-0.05, 0) is 13.8 Å². The number of carbonyl (C=O) groups is 2. The molecule has 0 aliphatic rings. The molecule has 0 radical (unpaired) electrons. The van der Waals surface area contributed by atoms with Crippen molar-refractivity contribution >= 4 is 87.4 Å². The quantitative estimate of drug-likeness (QED) is 0.414. The van der Waals surface area contributed by atoms with Crippen LogP contribution < -0.4 is 0 Å². The van der Waals surface area contributed by atoms with Gasteiger partial charge in [-0.2, -0.15) is 0 Å². The van der Waals surface area contributed by atoms with E-state index in [2.05, 4.69) is 9.47 Å². The van der Waals surface area contributed by atoms with Crippen molar-refractivity contribution in [1.29, 1.82) is 0 Å². The fourth-order valence-electron chi connectivity index (χ4n) is 0.517. The molecule has 0 spiro atoms. The Morgan fingerprint density at radius 2 is 1.29 bits per heavy atom. The summed E-state index contributed by atoms with van der Waals surface area (Å²) in [6.45, 7) is 3.98. The van der Waals surface area contributed by atoms with E-state index < -0.39 is 11.9 Å². The third-order valence-corrected chi connectivity index (χ3v) is 0.929. The minimum atomic E-state index is -0.537. The molecule has 0 amide bonds. The van der Waals surface area contributed by atoms with Crippen molar-refractivity contribution in [2.24, 2.45) is 0 Å². The summed E-state index contributed by atoms with van der Waals surface area (Å²) in [5, 5.41) is 0. The minimum absolute atomic E-state index is 0. The van der Waals surface area contributed by atoms with Crippen LogP contribution in [0.4, 0.5) is 0 Å². The van der Waals surface area contributed by atoms with E-state index in [-0.39, 0.29) is 81.2 Å². The minimum Gasteiger partial charge on any atom is -1.00 e. The molecular weight excluding hydrogens is 240 g/mol. The van der Waals surface area contributed by atoms with Crippen LogP contribution >= 0.6 is 0 Å². The number of rotatable bonds is 4. The van der Waals surface area contributed by atoms with Crippen LogP contribution in [0.2, 0.25) is 0 Å². The Labute approximate surface area is 149 Å². The van der Waals surface area contributed by atoms with Gasteiger partial charge in [-0.3, -0.25) is 0 Å². The predicted octanol–water partition coefficient (Wildman–Crippen LogP) is 0.357. The Bertz CT molecular complexity index is 186. The van der Waals surface area contributed by atoms with Gasteiger partial charge < -0.3 is 15.2 Å². The van der Waals surface area contributed by atoms with Gasteiger partial charge in [0.25, 0.3) is 0 Å². The fourth-order valence-corrected chi connectivity index (χ4v) is 0.517. The molecular formula is C8H16Ca2O4. The zero-order valence-electron chi connectivity index (χ0n) is 12.6. The molecule has 0 fully saturated rings. The van der Waals surface area contributed by atoms with Gasteiger partial charge in [0.2, 0.25) is 0 Å². The van der Waals surface area contributed by atoms with E-state index in [1.165, 1.54) is 0 Å². The van der Waals surface area contributed by atoms with Crippen LogP contribution in [0, 0.1) is 0 Å². The van der Waals surface area contributed by atoms with Gasteiger partial charge in [-0.1, -0.05) is 0 Å². The molecule has 0 N–H and O–H groups in total. The SMILES string of the molecule is CCOC(=O)/C=C/C(=O)OCC.[Ca+2].[Ca+2].[H-].[H-].[H-].[H-]. The number of hydrogen-bond donors (Lipinski definition) is 0. The van der Waals surface area contributed by atoms with E-state index in [0.717, 1.165) is 12.2 Å². The molecule has 4 nitrogen and oxygen atoms in total. The first kappa shape index (κ1) is 20.6. The van der Waals surface area contributed by atoms with Crippen LogP contribution in [0.5, 0.6) is 0 Å². The van der Waals surface area contributed by atoms with Gasteiger partial charge in [0.15, 0.2) is 0 Å². The first-order valence-electron chi connectivity index (χ1n) is 3.72. The summed E-state index contributed by atoms with van der Waals surface area (Å²) in [5.41, 5.74) is 0. The molecule has 0 atom stereocenters. The molecule has 0 aliphatic heterocycles. The van der Waals surface area contributed by atoms with Gasteiger partial charge in [0, 0.05) is 12.2 Å². The second-order valence-corrected chi connectivity index (χ2v) is 1.84. The normalized spacial score (nSPS) is 8.43. The molecule has 6 heteroatoms. The van der Waals surface area contributed by atoms with E-state index in [0.29, 0.717) is 13.2 Å². The summed E-state index contributed by atoms with van der Waals surface area (Å²) >= 11 is 0. The van der Waals surface area contributed by atoms with Crippen LogP contribution in [-0.2, 0) is 19.1 Å². The Morgan fingerprint density at radius 1 is 1.00 bits per heavy atom. The van der Waals surface area contributed by atoms with Crippen LogP contribution in [0.25, 0.3) is 0 Å². The molecule has 0 saturated heterocycles. The molecule has 0 aromatic heterocycles. The Balaban J connectivity index is -0.0000000403. The van der Waals surface area contributed by atoms with E-state index in [9.17, 15) is 9.59 Å². The smallest absolute Gasteiger partial charge is 1.00 e. The molecule has 0 aromatic rings. The molecule has 0 bridgehead atoms. The van der Waals surface area contributed by atoms with Crippen molar-refractivity contribution in [1.82, 2.24) is 0 Å². The van der Waals surface area contributed by atoms with Crippen molar-refractivity contribution in [2.75, 3.05) is 13.2 Å². The first-order valence-corrected chi connectivity index (χ1v) is 3.72. The van der Waals surface area contributed by atoms with Gasteiger partial charge >= 0.3 is 87.4 Å². The van der Waals surface area contributed by atoms with Crippen molar-refractivity contribution in [2.45, 2.75) is 13.8 Å². The summed E-state index contributed by atoms with van der Waals surface area (Å²) in [6, 6.07) is 0. The van der Waals surface area contributed by atoms with Crippen molar-refractivity contribution < 1.29 is 24.8 Å². The largest absolute Gasteiger partial charge is 2.00 e. The molecule has 0 saturated carbocycles. The van der Waals surface area contributed by atoms with Crippen LogP contribution in [-0.4, -0.2) is 101 Å². The molecule has 0 unspecified atom stereocenters. The summed E-state index contributed by atoms with van der Waals surface area (Å²) < 4.78 is 9.07. The molecule has 0 heterocycles. The average Bonchev–Trinajstić information content (AvgIpc) is 2.02. The van der Waals surface area contributed by atoms with E-state index in [4.69, 9.17) is 0 Å².